The summed E-state index contributed by atoms with van der Waals surface area (Å²) >= 11 is 0. The molecule has 0 saturated carbocycles. The first-order valence-corrected chi connectivity index (χ1v) is 7.50. The number of piperazine rings is 1. The molecule has 2 aromatic heterocycles. The van der Waals surface area contributed by atoms with Crippen LogP contribution in [-0.2, 0) is 6.54 Å². The predicted octanol–water partition coefficient (Wildman–Crippen LogP) is -0.798. The summed E-state index contributed by atoms with van der Waals surface area (Å²) in [6.45, 7) is 6.18. The molecule has 0 aromatic carbocycles. The van der Waals surface area contributed by atoms with Gasteiger partial charge in [0.25, 0.3) is 0 Å². The standard InChI is InChI=1S/C13H23N9/c1-15-19-11-10-9-16-22(12(10)18-13(14)17-11)8-7-21-5-3-20(2)4-6-21/h9,15H,3-8H2,1-2H3,(H3,14,17,18,19). The molecule has 3 rings (SSSR count). The topological polar surface area (TPSA) is 100 Å². The van der Waals surface area contributed by atoms with Crippen molar-refractivity contribution >= 4 is 22.8 Å². The summed E-state index contributed by atoms with van der Waals surface area (Å²) in [5.41, 5.74) is 12.4. The number of hydrogen-bond acceptors (Lipinski definition) is 8. The molecule has 0 aliphatic carbocycles. The molecule has 1 fully saturated rings. The highest BCUT2D eigenvalue weighted by Crippen LogP contribution is 2.20. The van der Waals surface area contributed by atoms with Gasteiger partial charge in [0.15, 0.2) is 11.5 Å². The van der Waals surface area contributed by atoms with Crippen molar-refractivity contribution in [2.45, 2.75) is 6.54 Å². The van der Waals surface area contributed by atoms with Gasteiger partial charge in [0, 0.05) is 39.8 Å². The summed E-state index contributed by atoms with van der Waals surface area (Å²) < 4.78 is 1.90. The Bertz CT molecular complexity index is 630. The SMILES string of the molecule is CNNc1nc(N)nc2c1cnn2CCN1CCN(C)CC1. The molecule has 22 heavy (non-hydrogen) atoms. The van der Waals surface area contributed by atoms with E-state index in [4.69, 9.17) is 5.73 Å². The Hall–Kier alpha value is -1.97. The lowest BCUT2D eigenvalue weighted by Crippen LogP contribution is -2.45. The smallest absolute Gasteiger partial charge is 0.224 e. The van der Waals surface area contributed by atoms with Gasteiger partial charge in [-0.1, -0.05) is 0 Å². The highest BCUT2D eigenvalue weighted by molar-refractivity contribution is 5.87. The third-order valence-electron chi connectivity index (χ3n) is 3.98. The number of nitrogen functional groups attached to an aromatic ring is 1. The molecule has 2 aromatic rings. The largest absolute Gasteiger partial charge is 0.368 e. The Morgan fingerprint density at radius 1 is 1.18 bits per heavy atom. The minimum atomic E-state index is 0.242. The first kappa shape index (κ1) is 14.9. The van der Waals surface area contributed by atoms with E-state index in [1.54, 1.807) is 13.2 Å². The van der Waals surface area contributed by atoms with Gasteiger partial charge in [-0.3, -0.25) is 4.90 Å². The van der Waals surface area contributed by atoms with Crippen molar-refractivity contribution in [3.8, 4) is 0 Å². The molecule has 1 saturated heterocycles. The quantitative estimate of drug-likeness (QED) is 0.618. The van der Waals surface area contributed by atoms with E-state index in [9.17, 15) is 0 Å². The summed E-state index contributed by atoms with van der Waals surface area (Å²) in [6, 6.07) is 0. The van der Waals surface area contributed by atoms with Crippen LogP contribution in [0.15, 0.2) is 6.20 Å². The highest BCUT2D eigenvalue weighted by atomic mass is 15.4. The fourth-order valence-corrected chi connectivity index (χ4v) is 2.66. The van der Waals surface area contributed by atoms with Gasteiger partial charge in [0.05, 0.1) is 18.1 Å². The number of anilines is 2. The molecule has 0 bridgehead atoms. The summed E-state index contributed by atoms with van der Waals surface area (Å²) in [6.07, 6.45) is 1.78. The predicted molar refractivity (Wildman–Crippen MR) is 86.4 cm³/mol. The molecule has 9 nitrogen and oxygen atoms in total. The summed E-state index contributed by atoms with van der Waals surface area (Å²) in [5.74, 6) is 0.891. The summed E-state index contributed by atoms with van der Waals surface area (Å²) in [7, 11) is 3.94. The second-order valence-corrected chi connectivity index (χ2v) is 5.56. The Balaban J connectivity index is 1.74. The zero-order chi connectivity index (χ0) is 15.5. The van der Waals surface area contributed by atoms with Crippen LogP contribution in [0.3, 0.4) is 0 Å². The van der Waals surface area contributed by atoms with Crippen LogP contribution in [0.4, 0.5) is 11.8 Å². The zero-order valence-corrected chi connectivity index (χ0v) is 13.1. The van der Waals surface area contributed by atoms with E-state index in [0.717, 1.165) is 50.3 Å². The van der Waals surface area contributed by atoms with Crippen LogP contribution in [-0.4, -0.2) is 76.4 Å². The van der Waals surface area contributed by atoms with E-state index in [-0.39, 0.29) is 5.95 Å². The molecule has 1 aliphatic rings. The van der Waals surface area contributed by atoms with Crippen LogP contribution in [0.2, 0.25) is 0 Å². The maximum Gasteiger partial charge on any atom is 0.224 e. The van der Waals surface area contributed by atoms with Crippen molar-refractivity contribution in [2.75, 3.05) is 58.0 Å². The van der Waals surface area contributed by atoms with Crippen molar-refractivity contribution in [1.29, 1.82) is 0 Å². The van der Waals surface area contributed by atoms with E-state index in [0.29, 0.717) is 5.82 Å². The van der Waals surface area contributed by atoms with E-state index in [1.165, 1.54) is 0 Å². The maximum absolute atomic E-state index is 5.79. The van der Waals surface area contributed by atoms with Crippen molar-refractivity contribution < 1.29 is 0 Å². The summed E-state index contributed by atoms with van der Waals surface area (Å²) in [5, 5.41) is 5.30. The van der Waals surface area contributed by atoms with E-state index in [2.05, 4.69) is 42.8 Å². The normalized spacial score (nSPS) is 17.2. The third-order valence-corrected chi connectivity index (χ3v) is 3.98. The first-order valence-electron chi connectivity index (χ1n) is 7.50. The van der Waals surface area contributed by atoms with Crippen molar-refractivity contribution in [3.05, 3.63) is 6.20 Å². The number of nitrogens with zero attached hydrogens (tertiary/aromatic N) is 6. The number of likely N-dealkylation sites (N-methyl/N-ethyl adjacent to an activating group) is 1. The second kappa shape index (κ2) is 6.42. The van der Waals surface area contributed by atoms with Gasteiger partial charge < -0.3 is 16.1 Å². The van der Waals surface area contributed by atoms with Crippen molar-refractivity contribution in [2.24, 2.45) is 0 Å². The molecule has 0 amide bonds. The van der Waals surface area contributed by atoms with Crippen LogP contribution in [0.1, 0.15) is 0 Å². The Morgan fingerprint density at radius 2 is 1.95 bits per heavy atom. The molecule has 120 valence electrons. The molecule has 0 unspecified atom stereocenters. The minimum Gasteiger partial charge on any atom is -0.368 e. The Kier molecular flexibility index (Phi) is 4.36. The van der Waals surface area contributed by atoms with E-state index in [1.807, 2.05) is 4.68 Å². The lowest BCUT2D eigenvalue weighted by molar-refractivity contribution is 0.149. The third kappa shape index (κ3) is 3.11. The maximum atomic E-state index is 5.79. The van der Waals surface area contributed by atoms with Gasteiger partial charge in [-0.2, -0.15) is 15.1 Å². The number of hydrogen-bond donors (Lipinski definition) is 3. The van der Waals surface area contributed by atoms with Gasteiger partial charge in [-0.25, -0.2) is 10.1 Å². The van der Waals surface area contributed by atoms with Crippen LogP contribution >= 0.6 is 0 Å². The number of nitrogens with one attached hydrogen (secondary N) is 2. The van der Waals surface area contributed by atoms with Gasteiger partial charge in [-0.05, 0) is 7.05 Å². The fourth-order valence-electron chi connectivity index (χ4n) is 2.66. The molecular formula is C13H23N9. The molecule has 4 N–H and O–H groups in total. The van der Waals surface area contributed by atoms with Crippen molar-refractivity contribution in [3.63, 3.8) is 0 Å². The molecular weight excluding hydrogens is 282 g/mol. The van der Waals surface area contributed by atoms with Crippen LogP contribution < -0.4 is 16.6 Å². The number of hydrazine groups is 1. The van der Waals surface area contributed by atoms with Gasteiger partial charge in [0.1, 0.15) is 0 Å². The van der Waals surface area contributed by atoms with Crippen molar-refractivity contribution in [1.82, 2.24) is 35.0 Å². The number of nitrogens with two attached hydrogens (primary N) is 1. The fraction of sp³-hybridized carbons (Fsp3) is 0.615. The average molecular weight is 305 g/mol. The lowest BCUT2D eigenvalue weighted by Gasteiger charge is -2.32. The number of aromatic nitrogens is 4. The molecule has 0 atom stereocenters. The summed E-state index contributed by atoms with van der Waals surface area (Å²) in [4.78, 5) is 13.3. The molecule has 0 spiro atoms. The monoisotopic (exact) mass is 305 g/mol. The Labute approximate surface area is 129 Å². The number of rotatable bonds is 5. The first-order chi connectivity index (χ1) is 10.7. The van der Waals surface area contributed by atoms with Gasteiger partial charge >= 0.3 is 0 Å². The molecule has 3 heterocycles. The average Bonchev–Trinajstić information content (AvgIpc) is 2.90. The van der Waals surface area contributed by atoms with Crippen LogP contribution in [0, 0.1) is 0 Å². The zero-order valence-electron chi connectivity index (χ0n) is 13.1. The molecule has 0 radical (unpaired) electrons. The number of fused-ring (bicyclic) bond motifs is 1. The minimum absolute atomic E-state index is 0.242. The van der Waals surface area contributed by atoms with Crippen LogP contribution in [0.25, 0.3) is 11.0 Å². The van der Waals surface area contributed by atoms with Gasteiger partial charge in [-0.15, -0.1) is 0 Å². The lowest BCUT2D eigenvalue weighted by atomic mass is 10.3. The highest BCUT2D eigenvalue weighted by Gasteiger charge is 2.15. The molecule has 1 aliphatic heterocycles. The molecule has 9 heteroatoms. The van der Waals surface area contributed by atoms with Gasteiger partial charge in [0.2, 0.25) is 5.95 Å². The van der Waals surface area contributed by atoms with E-state index < -0.39 is 0 Å². The van der Waals surface area contributed by atoms with E-state index >= 15 is 0 Å². The second-order valence-electron chi connectivity index (χ2n) is 5.56. The Morgan fingerprint density at radius 3 is 2.68 bits per heavy atom. The van der Waals surface area contributed by atoms with Crippen LogP contribution in [0.5, 0.6) is 0 Å².